The van der Waals surface area contributed by atoms with E-state index in [-0.39, 0.29) is 17.5 Å². The number of likely N-dealkylation sites (tertiary alicyclic amines) is 1. The second-order valence-electron chi connectivity index (χ2n) is 5.14. The minimum absolute atomic E-state index is 0.132. The van der Waals surface area contributed by atoms with Crippen molar-refractivity contribution in [3.05, 3.63) is 48.0 Å². The number of benzene rings is 1. The average Bonchev–Trinajstić information content (AvgIpc) is 2.61. The van der Waals surface area contributed by atoms with E-state index in [9.17, 15) is 9.90 Å². The van der Waals surface area contributed by atoms with Crippen LogP contribution in [0.4, 0.5) is 0 Å². The van der Waals surface area contributed by atoms with Crippen LogP contribution in [0.25, 0.3) is 0 Å². The molecular weight excluding hydrogens is 238 g/mol. The zero-order valence-electron chi connectivity index (χ0n) is 11.6. The summed E-state index contributed by atoms with van der Waals surface area (Å²) in [5, 5.41) is 11.0. The Balaban J connectivity index is 2.36. The highest BCUT2D eigenvalue weighted by atomic mass is 16.3. The van der Waals surface area contributed by atoms with Crippen molar-refractivity contribution < 1.29 is 9.90 Å². The van der Waals surface area contributed by atoms with Gasteiger partial charge in [-0.3, -0.25) is 4.79 Å². The van der Waals surface area contributed by atoms with Crippen LogP contribution in [0.1, 0.15) is 32.3 Å². The van der Waals surface area contributed by atoms with Gasteiger partial charge in [-0.05, 0) is 18.9 Å². The third-order valence-electron chi connectivity index (χ3n) is 4.02. The number of unbranched alkanes of at least 4 members (excludes halogenated alkanes) is 1. The van der Waals surface area contributed by atoms with Gasteiger partial charge in [0.1, 0.15) is 5.60 Å². The summed E-state index contributed by atoms with van der Waals surface area (Å²) in [5.74, 6) is -0.132. The van der Waals surface area contributed by atoms with Crippen molar-refractivity contribution in [3.63, 3.8) is 0 Å². The summed E-state index contributed by atoms with van der Waals surface area (Å²) in [6, 6.07) is 9.04. The summed E-state index contributed by atoms with van der Waals surface area (Å²) in [6.07, 6.45) is 1.96. The highest BCUT2D eigenvalue weighted by Gasteiger charge is 2.52. The molecule has 1 N–H and O–H groups in total. The first-order chi connectivity index (χ1) is 9.03. The second kappa shape index (κ2) is 5.17. The first-order valence-corrected chi connectivity index (χ1v) is 6.81. The van der Waals surface area contributed by atoms with E-state index in [0.29, 0.717) is 6.54 Å². The molecule has 1 aliphatic heterocycles. The fraction of sp³-hybridized carbons (Fsp3) is 0.438. The van der Waals surface area contributed by atoms with Gasteiger partial charge in [0.15, 0.2) is 0 Å². The van der Waals surface area contributed by atoms with Crippen LogP contribution in [0.2, 0.25) is 0 Å². The van der Waals surface area contributed by atoms with Gasteiger partial charge in [-0.1, -0.05) is 50.3 Å². The summed E-state index contributed by atoms with van der Waals surface area (Å²) in [5.41, 5.74) is -0.256. The van der Waals surface area contributed by atoms with Gasteiger partial charge in [-0.25, -0.2) is 0 Å². The van der Waals surface area contributed by atoms with Crippen LogP contribution in [0.3, 0.4) is 0 Å². The number of aliphatic hydroxyl groups is 1. The molecule has 1 amide bonds. The van der Waals surface area contributed by atoms with Crippen LogP contribution in [0, 0.1) is 0 Å². The topological polar surface area (TPSA) is 40.5 Å². The highest BCUT2D eigenvalue weighted by molar-refractivity contribution is 5.98. The van der Waals surface area contributed by atoms with Crippen LogP contribution in [-0.4, -0.2) is 28.5 Å². The van der Waals surface area contributed by atoms with Gasteiger partial charge in [0, 0.05) is 12.1 Å². The zero-order valence-corrected chi connectivity index (χ0v) is 11.6. The van der Waals surface area contributed by atoms with Gasteiger partial charge < -0.3 is 10.0 Å². The molecule has 0 aliphatic carbocycles. The van der Waals surface area contributed by atoms with E-state index in [1.807, 2.05) is 37.3 Å². The molecule has 1 aliphatic rings. The first-order valence-electron chi connectivity index (χ1n) is 6.81. The predicted molar refractivity (Wildman–Crippen MR) is 75.6 cm³/mol. The number of hydrogen-bond acceptors (Lipinski definition) is 2. The van der Waals surface area contributed by atoms with Crippen molar-refractivity contribution in [3.8, 4) is 0 Å². The molecule has 1 aromatic carbocycles. The van der Waals surface area contributed by atoms with E-state index in [1.165, 1.54) is 0 Å². The molecule has 19 heavy (non-hydrogen) atoms. The SMILES string of the molecule is C=C1C(=O)N(CCCC)[C@@H](C)[C@]1(O)c1ccccc1. The van der Waals surface area contributed by atoms with E-state index in [1.54, 1.807) is 4.90 Å². The van der Waals surface area contributed by atoms with Crippen LogP contribution >= 0.6 is 0 Å². The normalized spacial score (nSPS) is 27.1. The lowest BCUT2D eigenvalue weighted by Crippen LogP contribution is -2.41. The average molecular weight is 259 g/mol. The van der Waals surface area contributed by atoms with Crippen molar-refractivity contribution >= 4 is 5.91 Å². The molecule has 0 saturated carbocycles. The minimum Gasteiger partial charge on any atom is -0.378 e. The summed E-state index contributed by atoms with van der Waals surface area (Å²) < 4.78 is 0. The van der Waals surface area contributed by atoms with Crippen LogP contribution < -0.4 is 0 Å². The van der Waals surface area contributed by atoms with Gasteiger partial charge >= 0.3 is 0 Å². The molecule has 2 rings (SSSR count). The van der Waals surface area contributed by atoms with Crippen LogP contribution in [0.5, 0.6) is 0 Å². The molecule has 1 fully saturated rings. The zero-order chi connectivity index (χ0) is 14.0. The Hall–Kier alpha value is -1.61. The highest BCUT2D eigenvalue weighted by Crippen LogP contribution is 2.41. The standard InChI is InChI=1S/C16H21NO2/c1-4-5-11-17-13(3)16(19,12(2)15(17)18)14-9-7-6-8-10-14/h6-10,13,19H,2,4-5,11H2,1,3H3/t13-,16-/m0/s1. The Morgan fingerprint density at radius 2 is 2.00 bits per heavy atom. The second-order valence-corrected chi connectivity index (χ2v) is 5.14. The van der Waals surface area contributed by atoms with E-state index in [0.717, 1.165) is 18.4 Å². The van der Waals surface area contributed by atoms with Crippen molar-refractivity contribution in [1.29, 1.82) is 0 Å². The van der Waals surface area contributed by atoms with E-state index < -0.39 is 5.60 Å². The Bertz CT molecular complexity index is 483. The summed E-state index contributed by atoms with van der Waals surface area (Å²) in [6.45, 7) is 8.48. The number of nitrogens with zero attached hydrogens (tertiary/aromatic N) is 1. The molecule has 1 aromatic rings. The van der Waals surface area contributed by atoms with Gasteiger partial charge in [0.05, 0.1) is 6.04 Å². The van der Waals surface area contributed by atoms with Crippen LogP contribution in [0.15, 0.2) is 42.5 Å². The van der Waals surface area contributed by atoms with E-state index in [4.69, 9.17) is 0 Å². The van der Waals surface area contributed by atoms with Crippen molar-refractivity contribution in [1.82, 2.24) is 4.90 Å². The van der Waals surface area contributed by atoms with Crippen LogP contribution in [-0.2, 0) is 10.4 Å². The molecule has 2 atom stereocenters. The van der Waals surface area contributed by atoms with Gasteiger partial charge in [-0.2, -0.15) is 0 Å². The molecule has 3 nitrogen and oxygen atoms in total. The molecule has 0 bridgehead atoms. The number of carbonyl (C=O) groups excluding carboxylic acids is 1. The number of rotatable bonds is 4. The summed E-state index contributed by atoms with van der Waals surface area (Å²) in [7, 11) is 0. The van der Waals surface area contributed by atoms with Crippen molar-refractivity contribution in [2.45, 2.75) is 38.3 Å². The molecule has 0 unspecified atom stereocenters. The molecule has 0 radical (unpaired) electrons. The van der Waals surface area contributed by atoms with Crippen molar-refractivity contribution in [2.75, 3.05) is 6.54 Å². The lowest BCUT2D eigenvalue weighted by molar-refractivity contribution is -0.126. The molecule has 102 valence electrons. The first kappa shape index (κ1) is 13.8. The Labute approximate surface area is 114 Å². The maximum Gasteiger partial charge on any atom is 0.252 e. The van der Waals surface area contributed by atoms with E-state index in [2.05, 4.69) is 13.5 Å². The predicted octanol–water partition coefficient (Wildman–Crippen LogP) is 2.46. The molecule has 1 saturated heterocycles. The summed E-state index contributed by atoms with van der Waals surface area (Å²) in [4.78, 5) is 14.0. The maximum absolute atomic E-state index is 12.3. The largest absolute Gasteiger partial charge is 0.378 e. The molecule has 3 heteroatoms. The third kappa shape index (κ3) is 2.08. The Kier molecular flexibility index (Phi) is 3.76. The number of amides is 1. The molecule has 0 spiro atoms. The quantitative estimate of drug-likeness (QED) is 0.844. The lowest BCUT2D eigenvalue weighted by atomic mass is 9.84. The van der Waals surface area contributed by atoms with Crippen molar-refractivity contribution in [2.24, 2.45) is 0 Å². The third-order valence-corrected chi connectivity index (χ3v) is 4.02. The molecule has 0 aromatic heterocycles. The molecular formula is C16H21NO2. The maximum atomic E-state index is 12.3. The number of hydrogen-bond donors (Lipinski definition) is 1. The lowest BCUT2D eigenvalue weighted by Gasteiger charge is -2.31. The monoisotopic (exact) mass is 259 g/mol. The number of carbonyl (C=O) groups is 1. The smallest absolute Gasteiger partial charge is 0.252 e. The fourth-order valence-electron chi connectivity index (χ4n) is 2.72. The van der Waals surface area contributed by atoms with Gasteiger partial charge in [0.2, 0.25) is 0 Å². The van der Waals surface area contributed by atoms with Gasteiger partial charge in [-0.15, -0.1) is 0 Å². The van der Waals surface area contributed by atoms with E-state index >= 15 is 0 Å². The van der Waals surface area contributed by atoms with Gasteiger partial charge in [0.25, 0.3) is 5.91 Å². The molecule has 1 heterocycles. The summed E-state index contributed by atoms with van der Waals surface area (Å²) >= 11 is 0. The minimum atomic E-state index is -1.27. The fourth-order valence-corrected chi connectivity index (χ4v) is 2.72. The Morgan fingerprint density at radius 1 is 1.37 bits per heavy atom. The Morgan fingerprint density at radius 3 is 2.58 bits per heavy atom.